The average Bonchev–Trinajstić information content (AvgIpc) is 2.43. The number of ketones is 1. The van der Waals surface area contributed by atoms with Crippen LogP contribution in [0, 0.1) is 0 Å². The van der Waals surface area contributed by atoms with Gasteiger partial charge in [0.25, 0.3) is 5.91 Å². The van der Waals surface area contributed by atoms with Crippen molar-refractivity contribution in [3.63, 3.8) is 0 Å². The minimum atomic E-state index is -2.64. The lowest BCUT2D eigenvalue weighted by Gasteiger charge is -2.28. The van der Waals surface area contributed by atoms with Crippen LogP contribution in [0.25, 0.3) is 0 Å². The average molecular weight is 305 g/mol. The Kier molecular flexibility index (Phi) is 10.5. The monoisotopic (exact) mass is 305 g/mol. The van der Waals surface area contributed by atoms with Crippen molar-refractivity contribution in [2.45, 2.75) is 46.6 Å². The molecule has 0 aromatic heterocycles. The fraction of sp³-hybridized carbons (Fsp3) is 0.846. The Hall–Kier alpha value is -0.763. The first-order chi connectivity index (χ1) is 9.55. The van der Waals surface area contributed by atoms with Crippen LogP contribution in [0.5, 0.6) is 0 Å². The highest BCUT2D eigenvalue weighted by Crippen LogP contribution is 2.17. The molecule has 6 nitrogen and oxygen atoms in total. The molecule has 118 valence electrons. The molecule has 0 aliphatic carbocycles. The summed E-state index contributed by atoms with van der Waals surface area (Å²) in [6.07, 6.45) is 0.885. The molecule has 0 heterocycles. The third kappa shape index (κ3) is 7.13. The molecule has 7 heteroatoms. The van der Waals surface area contributed by atoms with Gasteiger partial charge >= 0.3 is 8.80 Å². The normalized spacial score (nSPS) is 11.4. The summed E-state index contributed by atoms with van der Waals surface area (Å²) in [5.41, 5.74) is 0. The summed E-state index contributed by atoms with van der Waals surface area (Å²) in [6.45, 7) is 9.41. The second-order valence-electron chi connectivity index (χ2n) is 4.12. The van der Waals surface area contributed by atoms with Gasteiger partial charge in [0.2, 0.25) is 5.78 Å². The van der Waals surface area contributed by atoms with Gasteiger partial charge in [-0.2, -0.15) is 0 Å². The number of carbonyl (C=O) groups is 2. The van der Waals surface area contributed by atoms with Gasteiger partial charge < -0.3 is 18.6 Å². The zero-order valence-electron chi connectivity index (χ0n) is 13.0. The number of nitrogens with one attached hydrogen (secondary N) is 1. The molecule has 0 bridgehead atoms. The van der Waals surface area contributed by atoms with E-state index < -0.39 is 20.5 Å². The van der Waals surface area contributed by atoms with Crippen molar-refractivity contribution in [3.05, 3.63) is 0 Å². The summed E-state index contributed by atoms with van der Waals surface area (Å²) in [7, 11) is -2.64. The van der Waals surface area contributed by atoms with Crippen molar-refractivity contribution < 1.29 is 22.9 Å². The molecule has 1 N–H and O–H groups in total. The van der Waals surface area contributed by atoms with Crippen LogP contribution in [0.2, 0.25) is 6.04 Å². The maximum absolute atomic E-state index is 11.3. The summed E-state index contributed by atoms with van der Waals surface area (Å²) < 4.78 is 17.1. The maximum atomic E-state index is 11.3. The van der Waals surface area contributed by atoms with Crippen LogP contribution in [0.4, 0.5) is 0 Å². The molecular weight excluding hydrogens is 278 g/mol. The van der Waals surface area contributed by atoms with Gasteiger partial charge in [0.15, 0.2) is 0 Å². The molecule has 0 aliphatic rings. The number of carbonyl (C=O) groups excluding carboxylic acids is 2. The van der Waals surface area contributed by atoms with Gasteiger partial charge in [0.05, 0.1) is 0 Å². The van der Waals surface area contributed by atoms with Gasteiger partial charge in [-0.05, 0) is 27.2 Å². The Bertz CT molecular complexity index is 281. The lowest BCUT2D eigenvalue weighted by Crippen LogP contribution is -2.46. The Balaban J connectivity index is 4.25. The molecule has 0 fully saturated rings. The van der Waals surface area contributed by atoms with E-state index in [0.717, 1.165) is 0 Å². The first-order valence-corrected chi connectivity index (χ1v) is 9.21. The summed E-state index contributed by atoms with van der Waals surface area (Å²) in [4.78, 5) is 22.5. The molecule has 0 aromatic rings. The van der Waals surface area contributed by atoms with Crippen LogP contribution in [0.3, 0.4) is 0 Å². The van der Waals surface area contributed by atoms with Crippen LogP contribution in [0.1, 0.15) is 40.5 Å². The molecular formula is C13H27NO5Si. The highest BCUT2D eigenvalue weighted by Gasteiger charge is 2.39. The first kappa shape index (κ1) is 19.2. The predicted octanol–water partition coefficient (Wildman–Crippen LogP) is 1.52. The Morgan fingerprint density at radius 1 is 0.950 bits per heavy atom. The molecule has 0 radical (unpaired) electrons. The van der Waals surface area contributed by atoms with Gasteiger partial charge in [-0.3, -0.25) is 9.59 Å². The molecule has 0 rings (SSSR count). The van der Waals surface area contributed by atoms with E-state index in [1.165, 1.54) is 0 Å². The maximum Gasteiger partial charge on any atom is 0.500 e. The van der Waals surface area contributed by atoms with E-state index in [2.05, 4.69) is 5.32 Å². The van der Waals surface area contributed by atoms with Crippen molar-refractivity contribution >= 4 is 20.5 Å². The number of Topliss-reactive ketones (excluding diaryl/α,β-unsaturated/α-hetero) is 1. The number of hydrogen-bond acceptors (Lipinski definition) is 5. The van der Waals surface area contributed by atoms with E-state index in [1.54, 1.807) is 6.92 Å². The van der Waals surface area contributed by atoms with Gasteiger partial charge in [0.1, 0.15) is 0 Å². The number of hydrogen-bond donors (Lipinski definition) is 1. The van der Waals surface area contributed by atoms with Crippen molar-refractivity contribution in [2.24, 2.45) is 0 Å². The highest BCUT2D eigenvalue weighted by atomic mass is 28.4. The Morgan fingerprint density at radius 3 is 1.85 bits per heavy atom. The predicted molar refractivity (Wildman–Crippen MR) is 78.4 cm³/mol. The third-order valence-electron chi connectivity index (χ3n) is 2.61. The van der Waals surface area contributed by atoms with E-state index >= 15 is 0 Å². The minimum absolute atomic E-state index is 0.224. The largest absolute Gasteiger partial charge is 0.500 e. The van der Waals surface area contributed by atoms with Gasteiger partial charge in [-0.25, -0.2) is 0 Å². The van der Waals surface area contributed by atoms with Crippen LogP contribution >= 0.6 is 0 Å². The molecule has 0 saturated heterocycles. The molecule has 1 amide bonds. The van der Waals surface area contributed by atoms with Crippen molar-refractivity contribution in [1.29, 1.82) is 0 Å². The quantitative estimate of drug-likeness (QED) is 0.336. The summed E-state index contributed by atoms with van der Waals surface area (Å²) in [6, 6.07) is 0.628. The minimum Gasteiger partial charge on any atom is -0.374 e. The third-order valence-corrected chi connectivity index (χ3v) is 5.76. The zero-order chi connectivity index (χ0) is 15.4. The van der Waals surface area contributed by atoms with Crippen LogP contribution in [-0.4, -0.2) is 46.9 Å². The molecule has 0 spiro atoms. The van der Waals surface area contributed by atoms with Crippen LogP contribution < -0.4 is 5.32 Å². The van der Waals surface area contributed by atoms with Crippen molar-refractivity contribution in [1.82, 2.24) is 5.32 Å². The van der Waals surface area contributed by atoms with E-state index in [1.807, 2.05) is 20.8 Å². The SMILES string of the molecule is CCO[Si](CCCNC(=O)C(=O)CC)(OCC)OCC. The standard InChI is InChI=1S/C13H27NO5Si/c1-5-12(15)13(16)14-10-9-11-20(17-6-2,18-7-3)19-8-4/h5-11H2,1-4H3,(H,14,16). The first-order valence-electron chi connectivity index (χ1n) is 7.28. The summed E-state index contributed by atoms with van der Waals surface area (Å²) in [5.74, 6) is -0.920. The number of amides is 1. The molecule has 0 aliphatic heterocycles. The molecule has 0 aromatic carbocycles. The van der Waals surface area contributed by atoms with Gasteiger partial charge in [-0.1, -0.05) is 6.92 Å². The van der Waals surface area contributed by atoms with Gasteiger partial charge in [-0.15, -0.1) is 0 Å². The lowest BCUT2D eigenvalue weighted by atomic mass is 10.3. The number of rotatable bonds is 12. The molecule has 0 saturated carbocycles. The van der Waals surface area contributed by atoms with Crippen LogP contribution in [0.15, 0.2) is 0 Å². The fourth-order valence-corrected chi connectivity index (χ4v) is 4.38. The summed E-state index contributed by atoms with van der Waals surface area (Å²) >= 11 is 0. The highest BCUT2D eigenvalue weighted by molar-refractivity contribution is 6.60. The topological polar surface area (TPSA) is 73.9 Å². The Morgan fingerprint density at radius 2 is 1.45 bits per heavy atom. The summed E-state index contributed by atoms with van der Waals surface area (Å²) in [5, 5.41) is 2.60. The van der Waals surface area contributed by atoms with E-state index in [0.29, 0.717) is 38.8 Å². The van der Waals surface area contributed by atoms with E-state index in [9.17, 15) is 9.59 Å². The van der Waals surface area contributed by atoms with E-state index in [4.69, 9.17) is 13.3 Å². The smallest absolute Gasteiger partial charge is 0.374 e. The van der Waals surface area contributed by atoms with Gasteiger partial charge in [0, 0.05) is 38.8 Å². The second-order valence-corrected chi connectivity index (χ2v) is 6.85. The zero-order valence-corrected chi connectivity index (χ0v) is 14.0. The Labute approximate surface area is 122 Å². The second kappa shape index (κ2) is 11.0. The molecule has 20 heavy (non-hydrogen) atoms. The van der Waals surface area contributed by atoms with E-state index in [-0.39, 0.29) is 6.42 Å². The van der Waals surface area contributed by atoms with Crippen LogP contribution in [-0.2, 0) is 22.9 Å². The molecule has 0 unspecified atom stereocenters. The fourth-order valence-electron chi connectivity index (χ4n) is 1.77. The van der Waals surface area contributed by atoms with Crippen molar-refractivity contribution in [3.8, 4) is 0 Å². The van der Waals surface area contributed by atoms with Crippen molar-refractivity contribution in [2.75, 3.05) is 26.4 Å². The lowest BCUT2D eigenvalue weighted by molar-refractivity contribution is -0.137. The molecule has 0 atom stereocenters.